The highest BCUT2D eigenvalue weighted by molar-refractivity contribution is 5.92. The molecule has 1 saturated heterocycles. The number of fused-ring (bicyclic) bond motifs is 1. The Kier molecular flexibility index (Phi) is 2.66. The van der Waals surface area contributed by atoms with Gasteiger partial charge in [0.15, 0.2) is 5.82 Å². The normalized spacial score (nSPS) is 17.6. The second-order valence-corrected chi connectivity index (χ2v) is 5.66. The fourth-order valence-corrected chi connectivity index (χ4v) is 2.95. The summed E-state index contributed by atoms with van der Waals surface area (Å²) in [5.41, 5.74) is 8.17. The van der Waals surface area contributed by atoms with Crippen molar-refractivity contribution in [2.24, 2.45) is 5.73 Å². The summed E-state index contributed by atoms with van der Waals surface area (Å²) in [6.45, 7) is 1.65. The molecule has 0 spiro atoms. The Morgan fingerprint density at radius 2 is 2.14 bits per heavy atom. The average Bonchev–Trinajstić information content (AvgIpc) is 3.04. The lowest BCUT2D eigenvalue weighted by Gasteiger charge is -2.39. The fraction of sp³-hybridized carbons (Fsp3) is 0.429. The molecule has 3 heterocycles. The van der Waals surface area contributed by atoms with Crippen LogP contribution in [0.2, 0.25) is 0 Å². The Hall–Kier alpha value is -2.44. The van der Waals surface area contributed by atoms with Gasteiger partial charge in [-0.1, -0.05) is 0 Å². The molecule has 108 valence electrons. The van der Waals surface area contributed by atoms with Gasteiger partial charge in [-0.25, -0.2) is 0 Å². The molecule has 21 heavy (non-hydrogen) atoms. The first-order valence-corrected chi connectivity index (χ1v) is 7.15. The number of primary amides is 1. The van der Waals surface area contributed by atoms with E-state index in [1.54, 1.807) is 10.9 Å². The van der Waals surface area contributed by atoms with Crippen molar-refractivity contribution < 1.29 is 4.79 Å². The number of hydrogen-bond donors (Lipinski definition) is 1. The van der Waals surface area contributed by atoms with Crippen LogP contribution in [0.3, 0.4) is 0 Å². The van der Waals surface area contributed by atoms with Gasteiger partial charge in [0, 0.05) is 19.3 Å². The zero-order valence-corrected chi connectivity index (χ0v) is 11.6. The predicted octanol–water partition coefficient (Wildman–Crippen LogP) is 0.322. The van der Waals surface area contributed by atoms with E-state index in [1.807, 2.05) is 0 Å². The molecule has 0 bridgehead atoms. The summed E-state index contributed by atoms with van der Waals surface area (Å²) < 4.78 is 1.80. The van der Waals surface area contributed by atoms with Gasteiger partial charge in [-0.2, -0.15) is 10.2 Å². The highest BCUT2D eigenvalue weighted by atomic mass is 16.1. The van der Waals surface area contributed by atoms with Crippen LogP contribution in [-0.4, -0.2) is 39.0 Å². The third kappa shape index (κ3) is 2.05. The summed E-state index contributed by atoms with van der Waals surface area (Å²) in [5, 5.41) is 12.8. The van der Waals surface area contributed by atoms with Crippen molar-refractivity contribution in [3.8, 4) is 0 Å². The second kappa shape index (κ2) is 4.54. The van der Waals surface area contributed by atoms with E-state index in [0.717, 1.165) is 37.4 Å². The van der Waals surface area contributed by atoms with Crippen LogP contribution < -0.4 is 10.6 Å². The van der Waals surface area contributed by atoms with E-state index in [1.165, 1.54) is 18.2 Å². The van der Waals surface area contributed by atoms with Gasteiger partial charge < -0.3 is 10.6 Å². The van der Waals surface area contributed by atoms with Gasteiger partial charge in [-0.3, -0.25) is 9.48 Å². The lowest BCUT2D eigenvalue weighted by molar-refractivity contribution is 0.1000. The first kappa shape index (κ1) is 12.3. The number of carbonyl (C=O) groups is 1. The quantitative estimate of drug-likeness (QED) is 0.876. The van der Waals surface area contributed by atoms with Crippen molar-refractivity contribution >= 4 is 11.7 Å². The number of hydrogen-bond acceptors (Lipinski definition) is 5. The minimum absolute atomic E-state index is 0.258. The maximum atomic E-state index is 11.1. The Balaban J connectivity index is 1.45. The molecule has 4 rings (SSSR count). The van der Waals surface area contributed by atoms with E-state index in [9.17, 15) is 4.79 Å². The molecule has 2 aromatic rings. The Morgan fingerprint density at radius 3 is 2.90 bits per heavy atom. The van der Waals surface area contributed by atoms with Crippen LogP contribution in [0.25, 0.3) is 0 Å². The molecule has 0 unspecified atom stereocenters. The van der Waals surface area contributed by atoms with Crippen LogP contribution in [0.15, 0.2) is 18.5 Å². The number of rotatable bonds is 3. The van der Waals surface area contributed by atoms with Gasteiger partial charge in [0.25, 0.3) is 5.91 Å². The third-order valence-electron chi connectivity index (χ3n) is 4.25. The molecule has 0 atom stereocenters. The van der Waals surface area contributed by atoms with Gasteiger partial charge in [0.05, 0.1) is 23.5 Å². The van der Waals surface area contributed by atoms with Crippen LogP contribution in [-0.2, 0) is 12.8 Å². The number of anilines is 1. The molecular formula is C14H16N6O. The summed E-state index contributed by atoms with van der Waals surface area (Å²) in [7, 11) is 0. The molecule has 1 aliphatic carbocycles. The molecule has 0 radical (unpaired) electrons. The van der Waals surface area contributed by atoms with E-state index in [2.05, 4.69) is 26.3 Å². The number of carbonyl (C=O) groups excluding carboxylic acids is 1. The van der Waals surface area contributed by atoms with Crippen molar-refractivity contribution in [1.29, 1.82) is 0 Å². The van der Waals surface area contributed by atoms with E-state index in [4.69, 9.17) is 5.73 Å². The maximum Gasteiger partial charge on any atom is 0.251 e. The molecule has 7 nitrogen and oxygen atoms in total. The highest BCUT2D eigenvalue weighted by Gasteiger charge is 2.31. The van der Waals surface area contributed by atoms with Gasteiger partial charge in [-0.15, -0.1) is 5.10 Å². The lowest BCUT2D eigenvalue weighted by Crippen LogP contribution is -2.48. The minimum atomic E-state index is -0.443. The zero-order valence-electron chi connectivity index (χ0n) is 11.6. The van der Waals surface area contributed by atoms with E-state index in [-0.39, 0.29) is 6.04 Å². The van der Waals surface area contributed by atoms with Crippen LogP contribution in [0.4, 0.5) is 5.82 Å². The molecule has 2 aliphatic rings. The van der Waals surface area contributed by atoms with Crippen molar-refractivity contribution in [3.63, 3.8) is 0 Å². The predicted molar refractivity (Wildman–Crippen MR) is 76.1 cm³/mol. The van der Waals surface area contributed by atoms with Gasteiger partial charge >= 0.3 is 0 Å². The van der Waals surface area contributed by atoms with E-state index < -0.39 is 5.91 Å². The second-order valence-electron chi connectivity index (χ2n) is 5.66. The molecule has 7 heteroatoms. The summed E-state index contributed by atoms with van der Waals surface area (Å²) in [6, 6.07) is 2.41. The highest BCUT2D eigenvalue weighted by Crippen LogP contribution is 2.28. The average molecular weight is 284 g/mol. The maximum absolute atomic E-state index is 11.1. The Bertz CT molecular complexity index is 703. The van der Waals surface area contributed by atoms with E-state index >= 15 is 0 Å². The Labute approximate surface area is 121 Å². The molecule has 2 aromatic heterocycles. The lowest BCUT2D eigenvalue weighted by atomic mass is 10.1. The monoisotopic (exact) mass is 284 g/mol. The van der Waals surface area contributed by atoms with Crippen molar-refractivity contribution in [1.82, 2.24) is 20.0 Å². The topological polar surface area (TPSA) is 89.9 Å². The van der Waals surface area contributed by atoms with Gasteiger partial charge in [0.2, 0.25) is 0 Å². The summed E-state index contributed by atoms with van der Waals surface area (Å²) >= 11 is 0. The zero-order chi connectivity index (χ0) is 14.4. The molecule has 0 saturated carbocycles. The first-order valence-electron chi connectivity index (χ1n) is 7.15. The van der Waals surface area contributed by atoms with E-state index in [0.29, 0.717) is 5.56 Å². The van der Waals surface area contributed by atoms with Crippen molar-refractivity contribution in [2.45, 2.75) is 25.3 Å². The number of aryl methyl sites for hydroxylation is 2. The summed E-state index contributed by atoms with van der Waals surface area (Å²) in [6.07, 6.45) is 6.56. The Morgan fingerprint density at radius 1 is 1.29 bits per heavy atom. The molecule has 1 aliphatic heterocycles. The fourth-order valence-electron chi connectivity index (χ4n) is 2.95. The third-order valence-corrected chi connectivity index (χ3v) is 4.25. The summed E-state index contributed by atoms with van der Waals surface area (Å²) in [5.74, 6) is 0.496. The number of aromatic nitrogens is 4. The number of amides is 1. The molecular weight excluding hydrogens is 268 g/mol. The molecule has 1 fully saturated rings. The van der Waals surface area contributed by atoms with Crippen molar-refractivity contribution in [3.05, 3.63) is 35.3 Å². The SMILES string of the molecule is NC(=O)c1cnn(C2CN(c3cc4c(nn3)CCC4)C2)c1. The molecule has 1 amide bonds. The molecule has 0 aromatic carbocycles. The number of nitrogens with zero attached hydrogens (tertiary/aromatic N) is 5. The van der Waals surface area contributed by atoms with Gasteiger partial charge in [0.1, 0.15) is 0 Å². The van der Waals surface area contributed by atoms with Crippen LogP contribution in [0.5, 0.6) is 0 Å². The summed E-state index contributed by atoms with van der Waals surface area (Å²) in [4.78, 5) is 13.3. The van der Waals surface area contributed by atoms with Crippen LogP contribution in [0.1, 0.15) is 34.1 Å². The van der Waals surface area contributed by atoms with Crippen molar-refractivity contribution in [2.75, 3.05) is 18.0 Å². The smallest absolute Gasteiger partial charge is 0.251 e. The molecule has 2 N–H and O–H groups in total. The number of nitrogens with two attached hydrogens (primary N) is 1. The first-order chi connectivity index (χ1) is 10.2. The standard InChI is InChI=1S/C14H16N6O/c15-14(21)10-5-16-20(6-10)11-7-19(8-11)13-4-9-2-1-3-12(9)17-18-13/h4-6,11H,1-3,7-8H2,(H2,15,21). The van der Waals surface area contributed by atoms with Crippen LogP contribution >= 0.6 is 0 Å². The minimum Gasteiger partial charge on any atom is -0.366 e. The largest absolute Gasteiger partial charge is 0.366 e. The van der Waals surface area contributed by atoms with Gasteiger partial charge in [-0.05, 0) is 30.9 Å². The van der Waals surface area contributed by atoms with Crippen LogP contribution in [0, 0.1) is 0 Å².